The van der Waals surface area contributed by atoms with Gasteiger partial charge in [-0.15, -0.1) is 0 Å². The van der Waals surface area contributed by atoms with Gasteiger partial charge < -0.3 is 0 Å². The van der Waals surface area contributed by atoms with Gasteiger partial charge in [0.2, 0.25) is 0 Å². The average Bonchev–Trinajstić information content (AvgIpc) is 2.62. The molecule has 4 nitrogen and oxygen atoms in total. The van der Waals surface area contributed by atoms with Crippen LogP contribution in [0.1, 0.15) is 24.9 Å². The Morgan fingerprint density at radius 2 is 2.31 bits per heavy atom. The number of pyridine rings is 1. The molecule has 2 aromatic rings. The van der Waals surface area contributed by atoms with E-state index in [1.54, 1.807) is 6.20 Å². The Morgan fingerprint density at radius 3 is 3.00 bits per heavy atom. The monoisotopic (exact) mass is 234 g/mol. The van der Waals surface area contributed by atoms with E-state index in [1.165, 1.54) is 0 Å². The van der Waals surface area contributed by atoms with Crippen LogP contribution in [-0.2, 0) is 6.42 Å². The molecule has 0 aromatic carbocycles. The molecular formula is C11H14N4S. The number of hydrogen-bond donors (Lipinski definition) is 1. The van der Waals surface area contributed by atoms with Gasteiger partial charge in [0.15, 0.2) is 4.77 Å². The molecule has 0 radical (unpaired) electrons. The van der Waals surface area contributed by atoms with Gasteiger partial charge >= 0.3 is 0 Å². The lowest BCUT2D eigenvalue weighted by molar-refractivity contribution is 0.796. The van der Waals surface area contributed by atoms with Gasteiger partial charge in [0.25, 0.3) is 0 Å². The molecule has 0 fully saturated rings. The van der Waals surface area contributed by atoms with Gasteiger partial charge in [-0.25, -0.2) is 0 Å². The molecule has 84 valence electrons. The quantitative estimate of drug-likeness (QED) is 0.830. The van der Waals surface area contributed by atoms with E-state index >= 15 is 0 Å². The van der Waals surface area contributed by atoms with Crippen molar-refractivity contribution in [3.63, 3.8) is 0 Å². The van der Waals surface area contributed by atoms with Gasteiger partial charge in [0.05, 0.1) is 11.4 Å². The normalized spacial score (nSPS) is 10.6. The van der Waals surface area contributed by atoms with E-state index in [0.717, 1.165) is 30.0 Å². The van der Waals surface area contributed by atoms with Crippen LogP contribution >= 0.6 is 12.2 Å². The smallest absolute Gasteiger partial charge is 0.199 e. The zero-order chi connectivity index (χ0) is 11.5. The highest BCUT2D eigenvalue weighted by molar-refractivity contribution is 7.71. The predicted octanol–water partition coefficient (Wildman–Crippen LogP) is 2.59. The summed E-state index contributed by atoms with van der Waals surface area (Å²) < 4.78 is 2.58. The summed E-state index contributed by atoms with van der Waals surface area (Å²) in [5.74, 6) is 0.962. The minimum absolute atomic E-state index is 0.625. The molecule has 0 saturated heterocycles. The summed E-state index contributed by atoms with van der Waals surface area (Å²) in [4.78, 5) is 4.27. The van der Waals surface area contributed by atoms with Crippen molar-refractivity contribution in [2.24, 2.45) is 0 Å². The Balaban J connectivity index is 2.59. The van der Waals surface area contributed by atoms with E-state index in [-0.39, 0.29) is 0 Å². The van der Waals surface area contributed by atoms with Crippen molar-refractivity contribution < 1.29 is 0 Å². The molecule has 0 spiro atoms. The highest BCUT2D eigenvalue weighted by Crippen LogP contribution is 2.14. The molecule has 0 saturated carbocycles. The van der Waals surface area contributed by atoms with Crippen LogP contribution in [0.2, 0.25) is 0 Å². The van der Waals surface area contributed by atoms with Crippen LogP contribution in [0.15, 0.2) is 18.3 Å². The predicted molar refractivity (Wildman–Crippen MR) is 65.3 cm³/mol. The molecule has 0 aliphatic heterocycles. The summed E-state index contributed by atoms with van der Waals surface area (Å²) in [6.07, 6.45) is 3.72. The van der Waals surface area contributed by atoms with E-state index in [9.17, 15) is 0 Å². The summed E-state index contributed by atoms with van der Waals surface area (Å²) in [5.41, 5.74) is 1.96. The number of aromatic amines is 1. The number of nitrogens with zero attached hydrogens (tertiary/aromatic N) is 3. The van der Waals surface area contributed by atoms with E-state index < -0.39 is 0 Å². The molecule has 0 aliphatic rings. The molecule has 2 aromatic heterocycles. The van der Waals surface area contributed by atoms with Crippen LogP contribution in [0.5, 0.6) is 0 Å². The molecule has 5 heteroatoms. The van der Waals surface area contributed by atoms with Crippen LogP contribution in [0, 0.1) is 11.7 Å². The van der Waals surface area contributed by atoms with Gasteiger partial charge in [0.1, 0.15) is 5.82 Å². The number of aryl methyl sites for hydroxylation is 2. The Morgan fingerprint density at radius 1 is 1.50 bits per heavy atom. The van der Waals surface area contributed by atoms with Crippen LogP contribution < -0.4 is 0 Å². The SMILES string of the molecule is CCCc1n[nH]c(=S)n1-c1cccnc1C. The van der Waals surface area contributed by atoms with Crippen molar-refractivity contribution >= 4 is 12.2 Å². The minimum Gasteiger partial charge on any atom is -0.270 e. The lowest BCUT2D eigenvalue weighted by Crippen LogP contribution is -2.04. The highest BCUT2D eigenvalue weighted by Gasteiger charge is 2.09. The third-order valence-corrected chi connectivity index (χ3v) is 2.71. The second-order valence-corrected chi connectivity index (χ2v) is 4.03. The van der Waals surface area contributed by atoms with Gasteiger partial charge in [-0.1, -0.05) is 6.92 Å². The molecular weight excluding hydrogens is 220 g/mol. The fourth-order valence-corrected chi connectivity index (χ4v) is 1.93. The maximum atomic E-state index is 5.25. The lowest BCUT2D eigenvalue weighted by atomic mass is 10.3. The molecule has 0 atom stereocenters. The van der Waals surface area contributed by atoms with Crippen molar-refractivity contribution in [1.29, 1.82) is 0 Å². The zero-order valence-electron chi connectivity index (χ0n) is 9.40. The lowest BCUT2D eigenvalue weighted by Gasteiger charge is -2.07. The number of hydrogen-bond acceptors (Lipinski definition) is 3. The Labute approximate surface area is 99.4 Å². The van der Waals surface area contributed by atoms with Crippen molar-refractivity contribution in [2.75, 3.05) is 0 Å². The molecule has 0 amide bonds. The Kier molecular flexibility index (Phi) is 3.14. The van der Waals surface area contributed by atoms with E-state index in [1.807, 2.05) is 23.6 Å². The second-order valence-electron chi connectivity index (χ2n) is 3.64. The fourth-order valence-electron chi connectivity index (χ4n) is 1.68. The standard InChI is InChI=1S/C11H14N4S/c1-3-5-10-13-14-11(16)15(10)9-6-4-7-12-8(9)2/h4,6-7H,3,5H2,1-2H3,(H,14,16). The summed E-state index contributed by atoms with van der Waals surface area (Å²) in [5, 5.41) is 7.08. The first-order chi connectivity index (χ1) is 7.74. The van der Waals surface area contributed by atoms with Crippen molar-refractivity contribution in [3.05, 3.63) is 34.6 Å². The molecule has 0 aliphatic carbocycles. The molecule has 0 bridgehead atoms. The maximum absolute atomic E-state index is 5.25. The van der Waals surface area contributed by atoms with Gasteiger partial charge in [0, 0.05) is 12.6 Å². The number of H-pyrrole nitrogens is 1. The third kappa shape index (κ3) is 1.90. The topological polar surface area (TPSA) is 46.5 Å². The van der Waals surface area contributed by atoms with Crippen molar-refractivity contribution in [3.8, 4) is 5.69 Å². The molecule has 0 unspecified atom stereocenters. The van der Waals surface area contributed by atoms with Crippen LogP contribution in [0.3, 0.4) is 0 Å². The first-order valence-corrected chi connectivity index (χ1v) is 5.73. The fraction of sp³-hybridized carbons (Fsp3) is 0.364. The maximum Gasteiger partial charge on any atom is 0.199 e. The van der Waals surface area contributed by atoms with E-state index in [0.29, 0.717) is 4.77 Å². The first kappa shape index (κ1) is 11.0. The highest BCUT2D eigenvalue weighted by atomic mass is 32.1. The van der Waals surface area contributed by atoms with Gasteiger partial charge in [-0.2, -0.15) is 5.10 Å². The average molecular weight is 234 g/mol. The van der Waals surface area contributed by atoms with E-state index in [2.05, 4.69) is 22.1 Å². The number of rotatable bonds is 3. The van der Waals surface area contributed by atoms with Crippen molar-refractivity contribution in [1.82, 2.24) is 19.7 Å². The third-order valence-electron chi connectivity index (χ3n) is 2.44. The number of aromatic nitrogens is 4. The molecule has 2 rings (SSSR count). The Bertz CT molecular complexity index is 541. The zero-order valence-corrected chi connectivity index (χ0v) is 10.2. The number of nitrogens with one attached hydrogen (secondary N) is 1. The van der Waals surface area contributed by atoms with Crippen LogP contribution in [-0.4, -0.2) is 19.7 Å². The molecule has 16 heavy (non-hydrogen) atoms. The van der Waals surface area contributed by atoms with Crippen LogP contribution in [0.4, 0.5) is 0 Å². The summed E-state index contributed by atoms with van der Waals surface area (Å²) in [6.45, 7) is 4.10. The summed E-state index contributed by atoms with van der Waals surface area (Å²) in [7, 11) is 0. The van der Waals surface area contributed by atoms with Crippen molar-refractivity contribution in [2.45, 2.75) is 26.7 Å². The van der Waals surface area contributed by atoms with E-state index in [4.69, 9.17) is 12.2 Å². The minimum atomic E-state index is 0.625. The second kappa shape index (κ2) is 4.57. The largest absolute Gasteiger partial charge is 0.270 e. The van der Waals surface area contributed by atoms with Gasteiger partial charge in [-0.05, 0) is 37.7 Å². The summed E-state index contributed by atoms with van der Waals surface area (Å²) in [6, 6.07) is 3.92. The van der Waals surface area contributed by atoms with Gasteiger partial charge in [-0.3, -0.25) is 14.6 Å². The van der Waals surface area contributed by atoms with Crippen LogP contribution in [0.25, 0.3) is 5.69 Å². The Hall–Kier alpha value is -1.49. The summed E-state index contributed by atoms with van der Waals surface area (Å²) >= 11 is 5.25. The molecule has 2 heterocycles. The molecule has 1 N–H and O–H groups in total. The first-order valence-electron chi connectivity index (χ1n) is 5.32.